The second kappa shape index (κ2) is 7.62. The number of carbonyl (C=O) groups is 1. The number of nitrogens with zero attached hydrogens (tertiary/aromatic N) is 1. The van der Waals surface area contributed by atoms with Crippen molar-refractivity contribution in [2.24, 2.45) is 4.99 Å². The van der Waals surface area contributed by atoms with Crippen LogP contribution in [-0.2, 0) is 4.79 Å². The fraction of sp³-hybridized carbons (Fsp3) is 0. The van der Waals surface area contributed by atoms with Gasteiger partial charge in [-0.3, -0.25) is 4.99 Å². The van der Waals surface area contributed by atoms with Crippen molar-refractivity contribution in [1.82, 2.24) is 0 Å². The zero-order chi connectivity index (χ0) is 13.2. The van der Waals surface area contributed by atoms with Crippen LogP contribution < -0.4 is 4.74 Å². The summed E-state index contributed by atoms with van der Waals surface area (Å²) in [4.78, 5) is 13.9. The van der Waals surface area contributed by atoms with Crippen LogP contribution in [0.15, 0.2) is 72.1 Å². The fourth-order valence-electron chi connectivity index (χ4n) is 1.04. The van der Waals surface area contributed by atoms with E-state index in [1.807, 2.05) is 30.3 Å². The molecule has 0 spiro atoms. The van der Waals surface area contributed by atoms with Crippen molar-refractivity contribution >= 4 is 12.2 Å². The quantitative estimate of drug-likeness (QED) is 0.362. The van der Waals surface area contributed by atoms with Crippen LogP contribution in [-0.4, -0.2) is 17.3 Å². The second-order valence-corrected chi connectivity index (χ2v) is 3.14. The Balaban J connectivity index is 2.61. The first-order valence-corrected chi connectivity index (χ1v) is 5.20. The Morgan fingerprint density at radius 1 is 1.33 bits per heavy atom. The number of aliphatic imine (C=N–C) groups is 1. The van der Waals surface area contributed by atoms with Crippen LogP contribution in [0.25, 0.3) is 0 Å². The lowest BCUT2D eigenvalue weighted by Gasteiger charge is -2.04. The molecule has 0 amide bonds. The number of allylic oxidation sites excluding steroid dienone is 2. The number of carboxylic acid groups (broad SMARTS) is 1. The van der Waals surface area contributed by atoms with E-state index in [0.29, 0.717) is 11.5 Å². The Labute approximate surface area is 105 Å². The first-order valence-electron chi connectivity index (χ1n) is 5.20. The highest BCUT2D eigenvalue weighted by molar-refractivity contribution is 5.80. The molecule has 0 heterocycles. The molecule has 1 aromatic rings. The summed E-state index contributed by atoms with van der Waals surface area (Å²) in [6, 6.07) is 9.25. The molecule has 0 radical (unpaired) electrons. The van der Waals surface area contributed by atoms with Gasteiger partial charge in [0.25, 0.3) is 0 Å². The molecule has 0 bridgehead atoms. The minimum atomic E-state index is -1.04. The van der Waals surface area contributed by atoms with Crippen molar-refractivity contribution in [3.05, 3.63) is 67.1 Å². The summed E-state index contributed by atoms with van der Waals surface area (Å²) in [7, 11) is 0. The normalized spacial score (nSPS) is 11.9. The van der Waals surface area contributed by atoms with Crippen molar-refractivity contribution in [1.29, 1.82) is 0 Å². The monoisotopic (exact) mass is 243 g/mol. The number of para-hydroxylation sites is 1. The smallest absolute Gasteiger partial charge is 0.329 e. The molecular formula is C14H13NO3. The molecule has 0 aliphatic heterocycles. The molecule has 0 aliphatic carbocycles. The van der Waals surface area contributed by atoms with Crippen LogP contribution in [0.3, 0.4) is 0 Å². The van der Waals surface area contributed by atoms with Gasteiger partial charge in [0.1, 0.15) is 11.5 Å². The summed E-state index contributed by atoms with van der Waals surface area (Å²) in [5.41, 5.74) is 0. The predicted molar refractivity (Wildman–Crippen MR) is 70.6 cm³/mol. The largest absolute Gasteiger partial charge is 0.478 e. The molecule has 18 heavy (non-hydrogen) atoms. The Morgan fingerprint density at radius 3 is 2.67 bits per heavy atom. The average molecular weight is 243 g/mol. The number of carboxylic acids is 1. The Morgan fingerprint density at radius 2 is 2.06 bits per heavy atom. The van der Waals surface area contributed by atoms with Gasteiger partial charge in [-0.2, -0.15) is 0 Å². The van der Waals surface area contributed by atoms with Crippen molar-refractivity contribution in [3.63, 3.8) is 0 Å². The van der Waals surface area contributed by atoms with Crippen LogP contribution in [0.2, 0.25) is 0 Å². The molecule has 0 fully saturated rings. The molecule has 92 valence electrons. The number of aliphatic carboxylic acids is 1. The summed E-state index contributed by atoms with van der Waals surface area (Å²) < 4.78 is 5.50. The van der Waals surface area contributed by atoms with Gasteiger partial charge in [-0.1, -0.05) is 24.8 Å². The van der Waals surface area contributed by atoms with Gasteiger partial charge >= 0.3 is 5.97 Å². The molecule has 1 N–H and O–H groups in total. The summed E-state index contributed by atoms with van der Waals surface area (Å²) in [6.07, 6.45) is 6.68. The van der Waals surface area contributed by atoms with Crippen LogP contribution in [0.5, 0.6) is 5.75 Å². The van der Waals surface area contributed by atoms with Gasteiger partial charge in [-0.25, -0.2) is 4.79 Å². The summed E-state index contributed by atoms with van der Waals surface area (Å²) in [6.45, 7) is 3.62. The standard InChI is InChI=1S/C14H13NO3/c1-2-12(8-10-15-11-9-14(16)17)18-13-6-4-3-5-7-13/h2-11H,1H2,(H,16,17)/b11-9+,12-8+,15-10+. The molecular weight excluding hydrogens is 230 g/mol. The van der Waals surface area contributed by atoms with Crippen LogP contribution in [0, 0.1) is 0 Å². The zero-order valence-corrected chi connectivity index (χ0v) is 9.69. The van der Waals surface area contributed by atoms with Crippen molar-refractivity contribution in [2.45, 2.75) is 0 Å². The first kappa shape index (κ1) is 13.4. The third-order valence-corrected chi connectivity index (χ3v) is 1.81. The van der Waals surface area contributed by atoms with E-state index in [9.17, 15) is 4.79 Å². The first-order chi connectivity index (χ1) is 8.72. The molecule has 4 nitrogen and oxygen atoms in total. The maximum atomic E-state index is 10.2. The molecule has 0 aromatic heterocycles. The van der Waals surface area contributed by atoms with Gasteiger partial charge in [0, 0.05) is 18.5 Å². The fourth-order valence-corrected chi connectivity index (χ4v) is 1.04. The minimum absolute atomic E-state index is 0.522. The lowest BCUT2D eigenvalue weighted by Crippen LogP contribution is -1.91. The number of ether oxygens (including phenoxy) is 1. The third kappa shape index (κ3) is 5.46. The topological polar surface area (TPSA) is 58.9 Å². The van der Waals surface area contributed by atoms with Gasteiger partial charge in [0.05, 0.1) is 0 Å². The second-order valence-electron chi connectivity index (χ2n) is 3.14. The van der Waals surface area contributed by atoms with Crippen LogP contribution in [0.1, 0.15) is 0 Å². The Bertz CT molecular complexity index is 487. The van der Waals surface area contributed by atoms with E-state index in [1.54, 1.807) is 12.2 Å². The number of rotatable bonds is 6. The summed E-state index contributed by atoms with van der Waals surface area (Å²) >= 11 is 0. The molecule has 0 saturated heterocycles. The van der Waals surface area contributed by atoms with E-state index in [0.717, 1.165) is 6.08 Å². The number of hydrogen-bond acceptors (Lipinski definition) is 3. The van der Waals surface area contributed by atoms with Crippen molar-refractivity contribution < 1.29 is 14.6 Å². The molecule has 0 atom stereocenters. The zero-order valence-electron chi connectivity index (χ0n) is 9.69. The number of benzene rings is 1. The van der Waals surface area contributed by atoms with E-state index in [-0.39, 0.29) is 0 Å². The SMILES string of the molecule is C=C\C(=C/C=N/C=C/C(=O)O)Oc1ccccc1. The molecule has 1 rings (SSSR count). The third-order valence-electron chi connectivity index (χ3n) is 1.81. The van der Waals surface area contributed by atoms with Crippen LogP contribution >= 0.6 is 0 Å². The van der Waals surface area contributed by atoms with E-state index in [2.05, 4.69) is 11.6 Å². The van der Waals surface area contributed by atoms with E-state index < -0.39 is 5.97 Å². The molecule has 0 unspecified atom stereocenters. The molecule has 4 heteroatoms. The van der Waals surface area contributed by atoms with Gasteiger partial charge in [-0.05, 0) is 24.3 Å². The van der Waals surface area contributed by atoms with E-state index in [1.165, 1.54) is 12.4 Å². The van der Waals surface area contributed by atoms with Crippen LogP contribution in [0.4, 0.5) is 0 Å². The molecule has 0 saturated carbocycles. The summed E-state index contributed by atoms with van der Waals surface area (Å²) in [5, 5.41) is 8.35. The summed E-state index contributed by atoms with van der Waals surface area (Å²) in [5.74, 6) is 0.174. The maximum Gasteiger partial charge on any atom is 0.329 e. The Hall–Kier alpha value is -2.62. The van der Waals surface area contributed by atoms with Gasteiger partial charge in [-0.15, -0.1) is 0 Å². The van der Waals surface area contributed by atoms with Gasteiger partial charge < -0.3 is 9.84 Å². The predicted octanol–water partition coefficient (Wildman–Crippen LogP) is 2.80. The lowest BCUT2D eigenvalue weighted by molar-refractivity contribution is -0.131. The molecule has 1 aromatic carbocycles. The average Bonchev–Trinajstić information content (AvgIpc) is 2.38. The maximum absolute atomic E-state index is 10.2. The van der Waals surface area contributed by atoms with E-state index in [4.69, 9.17) is 9.84 Å². The highest BCUT2D eigenvalue weighted by Gasteiger charge is 1.93. The van der Waals surface area contributed by atoms with Gasteiger partial charge in [0.2, 0.25) is 0 Å². The van der Waals surface area contributed by atoms with E-state index >= 15 is 0 Å². The lowest BCUT2D eigenvalue weighted by atomic mass is 10.3. The molecule has 0 aliphatic rings. The highest BCUT2D eigenvalue weighted by atomic mass is 16.5. The Kier molecular flexibility index (Phi) is 5.69. The van der Waals surface area contributed by atoms with Crippen molar-refractivity contribution in [2.75, 3.05) is 0 Å². The minimum Gasteiger partial charge on any atom is -0.478 e. The van der Waals surface area contributed by atoms with Gasteiger partial charge in [0.15, 0.2) is 0 Å². The highest BCUT2D eigenvalue weighted by Crippen LogP contribution is 2.12. The van der Waals surface area contributed by atoms with Crippen molar-refractivity contribution in [3.8, 4) is 5.75 Å². The number of hydrogen-bond donors (Lipinski definition) is 1.